The predicted octanol–water partition coefficient (Wildman–Crippen LogP) is 4.48. The van der Waals surface area contributed by atoms with Crippen LogP contribution in [0.15, 0.2) is 42.5 Å². The van der Waals surface area contributed by atoms with Crippen LogP contribution in [0.1, 0.15) is 29.4 Å². The SMILES string of the molecule is N#C[C@@H](c1ccc(F)c(F)c1)[C@@H](CC(=O)O)c1cccc(Cl)c1. The average Bonchev–Trinajstić information content (AvgIpc) is 2.50. The predicted molar refractivity (Wildman–Crippen MR) is 81.2 cm³/mol. The number of rotatable bonds is 5. The highest BCUT2D eigenvalue weighted by molar-refractivity contribution is 6.30. The Morgan fingerprint density at radius 2 is 1.91 bits per heavy atom. The molecule has 1 N–H and O–H groups in total. The van der Waals surface area contributed by atoms with Crippen LogP contribution in [0.2, 0.25) is 5.02 Å². The minimum Gasteiger partial charge on any atom is -0.481 e. The third kappa shape index (κ3) is 4.05. The van der Waals surface area contributed by atoms with Gasteiger partial charge in [-0.25, -0.2) is 8.78 Å². The Hall–Kier alpha value is -2.45. The van der Waals surface area contributed by atoms with E-state index in [1.54, 1.807) is 24.3 Å². The lowest BCUT2D eigenvalue weighted by molar-refractivity contribution is -0.137. The maximum atomic E-state index is 13.4. The van der Waals surface area contributed by atoms with E-state index < -0.39 is 29.4 Å². The number of carboxylic acid groups (broad SMARTS) is 1. The lowest BCUT2D eigenvalue weighted by Crippen LogP contribution is -2.15. The minimum atomic E-state index is -1.10. The van der Waals surface area contributed by atoms with Gasteiger partial charge in [-0.2, -0.15) is 5.26 Å². The van der Waals surface area contributed by atoms with Crippen molar-refractivity contribution in [3.63, 3.8) is 0 Å². The molecule has 118 valence electrons. The van der Waals surface area contributed by atoms with Crippen LogP contribution in [0.5, 0.6) is 0 Å². The second-order valence-corrected chi connectivity index (χ2v) is 5.48. The lowest BCUT2D eigenvalue weighted by atomic mass is 9.80. The first-order valence-corrected chi connectivity index (χ1v) is 7.12. The van der Waals surface area contributed by atoms with Crippen molar-refractivity contribution >= 4 is 17.6 Å². The monoisotopic (exact) mass is 335 g/mol. The first-order chi connectivity index (χ1) is 10.9. The van der Waals surface area contributed by atoms with E-state index in [4.69, 9.17) is 16.7 Å². The number of hydrogen-bond acceptors (Lipinski definition) is 2. The Kier molecular flexibility index (Phi) is 5.30. The minimum absolute atomic E-state index is 0.220. The molecular weight excluding hydrogens is 324 g/mol. The highest BCUT2D eigenvalue weighted by atomic mass is 35.5. The van der Waals surface area contributed by atoms with Crippen molar-refractivity contribution in [2.24, 2.45) is 0 Å². The van der Waals surface area contributed by atoms with Gasteiger partial charge < -0.3 is 5.11 Å². The summed E-state index contributed by atoms with van der Waals surface area (Å²) in [5, 5.41) is 19.0. The normalized spacial score (nSPS) is 13.1. The van der Waals surface area contributed by atoms with Crippen LogP contribution in [0, 0.1) is 23.0 Å². The van der Waals surface area contributed by atoms with Gasteiger partial charge in [-0.15, -0.1) is 0 Å². The zero-order chi connectivity index (χ0) is 17.0. The van der Waals surface area contributed by atoms with Crippen molar-refractivity contribution < 1.29 is 18.7 Å². The van der Waals surface area contributed by atoms with E-state index in [0.29, 0.717) is 10.6 Å². The summed E-state index contributed by atoms with van der Waals surface area (Å²) in [5.41, 5.74) is 0.772. The Labute approximate surface area is 136 Å². The Bertz CT molecular complexity index is 773. The highest BCUT2D eigenvalue weighted by Crippen LogP contribution is 2.36. The van der Waals surface area contributed by atoms with Crippen LogP contribution >= 0.6 is 11.6 Å². The van der Waals surface area contributed by atoms with E-state index in [1.165, 1.54) is 6.07 Å². The molecule has 6 heteroatoms. The summed E-state index contributed by atoms with van der Waals surface area (Å²) in [5.74, 6) is -4.88. The summed E-state index contributed by atoms with van der Waals surface area (Å²) in [6, 6.07) is 11.6. The van der Waals surface area contributed by atoms with E-state index in [-0.39, 0.29) is 12.0 Å². The summed E-state index contributed by atoms with van der Waals surface area (Å²) in [4.78, 5) is 11.2. The molecule has 0 spiro atoms. The molecule has 3 nitrogen and oxygen atoms in total. The summed E-state index contributed by atoms with van der Waals surface area (Å²) >= 11 is 5.93. The molecular formula is C17H12ClF2NO2. The molecule has 2 aromatic carbocycles. The number of nitriles is 1. The molecule has 0 aliphatic heterocycles. The molecule has 0 amide bonds. The molecule has 0 aliphatic rings. The fourth-order valence-electron chi connectivity index (χ4n) is 2.46. The number of hydrogen-bond donors (Lipinski definition) is 1. The molecule has 2 atom stereocenters. The van der Waals surface area contributed by atoms with E-state index in [2.05, 4.69) is 0 Å². The number of nitrogens with zero attached hydrogens (tertiary/aromatic N) is 1. The summed E-state index contributed by atoms with van der Waals surface area (Å²) in [6.45, 7) is 0. The highest BCUT2D eigenvalue weighted by Gasteiger charge is 2.28. The van der Waals surface area contributed by atoms with E-state index in [9.17, 15) is 18.8 Å². The number of aliphatic carboxylic acids is 1. The van der Waals surface area contributed by atoms with Crippen LogP contribution < -0.4 is 0 Å². The molecule has 2 rings (SSSR count). The van der Waals surface area contributed by atoms with Gasteiger partial charge in [0.05, 0.1) is 18.4 Å². The smallest absolute Gasteiger partial charge is 0.304 e. The van der Waals surface area contributed by atoms with Crippen LogP contribution in [0.25, 0.3) is 0 Å². The number of halogens is 3. The molecule has 0 aromatic heterocycles. The van der Waals surface area contributed by atoms with Gasteiger partial charge in [0.25, 0.3) is 0 Å². The quantitative estimate of drug-likeness (QED) is 0.876. The fraction of sp³-hybridized carbons (Fsp3) is 0.176. The zero-order valence-corrected chi connectivity index (χ0v) is 12.6. The van der Waals surface area contributed by atoms with Crippen molar-refractivity contribution in [3.8, 4) is 6.07 Å². The van der Waals surface area contributed by atoms with Gasteiger partial charge in [0, 0.05) is 10.9 Å². The van der Waals surface area contributed by atoms with Crippen LogP contribution in [-0.4, -0.2) is 11.1 Å². The molecule has 0 heterocycles. The topological polar surface area (TPSA) is 61.1 Å². The molecule has 0 fully saturated rings. The van der Waals surface area contributed by atoms with E-state index in [0.717, 1.165) is 12.1 Å². The lowest BCUT2D eigenvalue weighted by Gasteiger charge is -2.21. The maximum Gasteiger partial charge on any atom is 0.304 e. The van der Waals surface area contributed by atoms with Crippen LogP contribution in [-0.2, 0) is 4.79 Å². The average molecular weight is 336 g/mol. The Morgan fingerprint density at radius 1 is 1.17 bits per heavy atom. The summed E-state index contributed by atoms with van der Waals surface area (Å²) in [6.07, 6.45) is -0.336. The number of benzene rings is 2. The molecule has 0 bridgehead atoms. The largest absolute Gasteiger partial charge is 0.481 e. The number of carbonyl (C=O) groups is 1. The van der Waals surface area contributed by atoms with Gasteiger partial charge in [0.2, 0.25) is 0 Å². The molecule has 0 unspecified atom stereocenters. The van der Waals surface area contributed by atoms with E-state index in [1.807, 2.05) is 6.07 Å². The summed E-state index contributed by atoms with van der Waals surface area (Å²) < 4.78 is 26.5. The second kappa shape index (κ2) is 7.21. The van der Waals surface area contributed by atoms with Crippen molar-refractivity contribution in [1.29, 1.82) is 5.26 Å². The molecule has 0 radical (unpaired) electrons. The second-order valence-electron chi connectivity index (χ2n) is 5.04. The maximum absolute atomic E-state index is 13.4. The molecule has 0 saturated heterocycles. The van der Waals surface area contributed by atoms with Crippen molar-refractivity contribution in [2.45, 2.75) is 18.3 Å². The fourth-order valence-corrected chi connectivity index (χ4v) is 2.65. The Balaban J connectivity index is 2.49. The first kappa shape index (κ1) is 16.9. The van der Waals surface area contributed by atoms with Gasteiger partial charge >= 0.3 is 5.97 Å². The van der Waals surface area contributed by atoms with E-state index >= 15 is 0 Å². The van der Waals surface area contributed by atoms with Gasteiger partial charge in [-0.3, -0.25) is 4.79 Å². The van der Waals surface area contributed by atoms with Crippen molar-refractivity contribution in [2.75, 3.05) is 0 Å². The van der Waals surface area contributed by atoms with Gasteiger partial charge in [0.1, 0.15) is 0 Å². The zero-order valence-electron chi connectivity index (χ0n) is 11.8. The van der Waals surface area contributed by atoms with Crippen LogP contribution in [0.4, 0.5) is 8.78 Å². The van der Waals surface area contributed by atoms with Crippen LogP contribution in [0.3, 0.4) is 0 Å². The van der Waals surface area contributed by atoms with Gasteiger partial charge in [-0.1, -0.05) is 29.8 Å². The molecule has 0 saturated carbocycles. The number of carboxylic acids is 1. The van der Waals surface area contributed by atoms with Gasteiger partial charge in [0.15, 0.2) is 11.6 Å². The molecule has 0 aliphatic carbocycles. The third-order valence-corrected chi connectivity index (χ3v) is 3.75. The third-order valence-electron chi connectivity index (χ3n) is 3.52. The van der Waals surface area contributed by atoms with Crippen molar-refractivity contribution in [1.82, 2.24) is 0 Å². The first-order valence-electron chi connectivity index (χ1n) is 6.74. The van der Waals surface area contributed by atoms with Crippen molar-refractivity contribution in [3.05, 3.63) is 70.2 Å². The summed E-state index contributed by atoms with van der Waals surface area (Å²) in [7, 11) is 0. The Morgan fingerprint density at radius 3 is 2.48 bits per heavy atom. The standard InChI is InChI=1S/C17H12ClF2NO2/c18-12-3-1-2-10(6-12)13(8-17(22)23)14(9-21)11-4-5-15(19)16(20)7-11/h1-7,13-14H,8H2,(H,22,23)/t13-,14-/m0/s1. The van der Waals surface area contributed by atoms with Gasteiger partial charge in [-0.05, 0) is 35.4 Å². The molecule has 23 heavy (non-hydrogen) atoms. The molecule has 2 aromatic rings.